The molecule has 0 amide bonds. The van der Waals surface area contributed by atoms with Crippen molar-refractivity contribution in [2.75, 3.05) is 19.6 Å². The quantitative estimate of drug-likeness (QED) is 0.477. The van der Waals surface area contributed by atoms with E-state index < -0.39 is 5.00 Å². The summed E-state index contributed by atoms with van der Waals surface area (Å²) in [5, 5.41) is 3.91. The predicted molar refractivity (Wildman–Crippen MR) is 66.6 cm³/mol. The van der Waals surface area contributed by atoms with Crippen molar-refractivity contribution in [2.45, 2.75) is 11.9 Å². The molecule has 2 nitrogen and oxygen atoms in total. The van der Waals surface area contributed by atoms with Gasteiger partial charge < -0.3 is 0 Å². The number of hydrogen-bond donors (Lipinski definition) is 1. The summed E-state index contributed by atoms with van der Waals surface area (Å²) >= 11 is 6.37. The molecule has 0 saturated carbocycles. The summed E-state index contributed by atoms with van der Waals surface area (Å²) in [6, 6.07) is 7.85. The van der Waals surface area contributed by atoms with E-state index in [1.54, 1.807) is 0 Å². The van der Waals surface area contributed by atoms with Gasteiger partial charge in [0, 0.05) is 13.1 Å². The number of nitrogens with zero attached hydrogens (tertiary/aromatic N) is 1. The second-order valence-electron chi connectivity index (χ2n) is 3.94. The summed E-state index contributed by atoms with van der Waals surface area (Å²) in [6.07, 6.45) is 0. The van der Waals surface area contributed by atoms with Crippen LogP contribution < -0.4 is 5.32 Å². The Morgan fingerprint density at radius 3 is 2.88 bits per heavy atom. The van der Waals surface area contributed by atoms with Crippen molar-refractivity contribution in [2.24, 2.45) is 0 Å². The Bertz CT molecular complexity index is 362. The summed E-state index contributed by atoms with van der Waals surface area (Å²) in [4.78, 5) is -0.793. The van der Waals surface area contributed by atoms with E-state index in [4.69, 9.17) is 11.6 Å². The third-order valence-electron chi connectivity index (χ3n) is 2.62. The van der Waals surface area contributed by atoms with Gasteiger partial charge in [-0.2, -0.15) is 0 Å². The molecule has 0 bridgehead atoms. The van der Waals surface area contributed by atoms with Gasteiger partial charge in [0.05, 0.1) is 6.54 Å². The maximum absolute atomic E-state index is 13.2. The molecule has 1 unspecified atom stereocenters. The minimum atomic E-state index is -0.793. The molecule has 1 heterocycles. The summed E-state index contributed by atoms with van der Waals surface area (Å²) in [5.74, 6) is 0. The molecule has 0 aromatic heterocycles. The lowest BCUT2D eigenvalue weighted by molar-refractivity contribution is -0.0123. The second-order valence-corrected chi connectivity index (χ2v) is 4.59. The lowest BCUT2D eigenvalue weighted by Gasteiger charge is -2.35. The standard InChI is InChI=1S/C11H14ClFN2.ClH/c1-9-3-2-4-10(7-9)11(12)8-15(13)6-5-14-11;/h2-4,7,14H,5-6,8H2,1H3;1H. The van der Waals surface area contributed by atoms with Crippen LogP contribution in [0.1, 0.15) is 11.1 Å². The molecule has 2 rings (SSSR count). The van der Waals surface area contributed by atoms with Gasteiger partial charge in [0.15, 0.2) is 0 Å². The molecular formula is C11H15Cl2FN2. The van der Waals surface area contributed by atoms with Crippen LogP contribution in [0.4, 0.5) is 4.48 Å². The van der Waals surface area contributed by atoms with Crippen LogP contribution in [0.3, 0.4) is 0 Å². The molecule has 1 aliphatic heterocycles. The van der Waals surface area contributed by atoms with Crippen molar-refractivity contribution in [3.63, 3.8) is 0 Å². The number of nitrogens with one attached hydrogen (secondary N) is 1. The van der Waals surface area contributed by atoms with Crippen LogP contribution >= 0.6 is 24.0 Å². The monoisotopic (exact) mass is 264 g/mol. The number of hydrogen-bond acceptors (Lipinski definition) is 2. The molecule has 1 aromatic carbocycles. The van der Waals surface area contributed by atoms with Crippen molar-refractivity contribution < 1.29 is 4.48 Å². The number of aryl methyl sites for hydroxylation is 1. The highest BCUT2D eigenvalue weighted by Gasteiger charge is 2.35. The van der Waals surface area contributed by atoms with E-state index in [2.05, 4.69) is 5.32 Å². The molecule has 1 fully saturated rings. The van der Waals surface area contributed by atoms with Crippen LogP contribution in [0.15, 0.2) is 24.3 Å². The van der Waals surface area contributed by atoms with Gasteiger partial charge in [-0.3, -0.25) is 5.32 Å². The third-order valence-corrected chi connectivity index (χ3v) is 3.10. The minimum Gasteiger partial charge on any atom is -0.292 e. The molecule has 1 saturated heterocycles. The first-order valence-electron chi connectivity index (χ1n) is 5.02. The molecule has 1 atom stereocenters. The molecule has 0 spiro atoms. The lowest BCUT2D eigenvalue weighted by atomic mass is 10.0. The minimum absolute atomic E-state index is 0. The summed E-state index contributed by atoms with van der Waals surface area (Å²) in [7, 11) is 0. The van der Waals surface area contributed by atoms with Gasteiger partial charge in [-0.25, -0.2) is 0 Å². The highest BCUT2D eigenvalue weighted by atomic mass is 35.5. The average Bonchev–Trinajstić information content (AvgIpc) is 2.17. The Labute approximate surface area is 106 Å². The zero-order chi connectivity index (χ0) is 10.9. The second kappa shape index (κ2) is 5.32. The van der Waals surface area contributed by atoms with Gasteiger partial charge in [-0.1, -0.05) is 41.4 Å². The van der Waals surface area contributed by atoms with Crippen LogP contribution in [0.5, 0.6) is 0 Å². The first-order valence-corrected chi connectivity index (χ1v) is 5.40. The third kappa shape index (κ3) is 2.86. The number of benzene rings is 1. The van der Waals surface area contributed by atoms with Gasteiger partial charge in [-0.05, 0) is 12.5 Å². The zero-order valence-corrected chi connectivity index (χ0v) is 10.6. The molecule has 0 aliphatic carbocycles. The predicted octanol–water partition coefficient (Wildman–Crippen LogP) is 2.60. The molecule has 5 heteroatoms. The van der Waals surface area contributed by atoms with E-state index >= 15 is 0 Å². The molecular weight excluding hydrogens is 250 g/mol. The molecule has 90 valence electrons. The number of piperazine rings is 1. The largest absolute Gasteiger partial charge is 0.292 e. The van der Waals surface area contributed by atoms with E-state index in [0.717, 1.165) is 16.2 Å². The Morgan fingerprint density at radius 1 is 1.50 bits per heavy atom. The summed E-state index contributed by atoms with van der Waals surface area (Å²) in [6.45, 7) is 3.13. The van der Waals surface area contributed by atoms with Crippen molar-refractivity contribution in [1.29, 1.82) is 0 Å². The Hall–Kier alpha value is -0.350. The van der Waals surface area contributed by atoms with E-state index in [9.17, 15) is 4.48 Å². The van der Waals surface area contributed by atoms with Crippen LogP contribution in [-0.2, 0) is 5.00 Å². The number of halogens is 3. The van der Waals surface area contributed by atoms with Crippen molar-refractivity contribution in [3.05, 3.63) is 35.4 Å². The van der Waals surface area contributed by atoms with E-state index in [1.165, 1.54) is 0 Å². The average molecular weight is 265 g/mol. The molecule has 1 N–H and O–H groups in total. The summed E-state index contributed by atoms with van der Waals surface area (Å²) < 4.78 is 13.2. The fourth-order valence-corrected chi connectivity index (χ4v) is 2.17. The first kappa shape index (κ1) is 13.7. The van der Waals surface area contributed by atoms with Crippen LogP contribution in [0.25, 0.3) is 0 Å². The van der Waals surface area contributed by atoms with E-state index in [-0.39, 0.29) is 19.0 Å². The van der Waals surface area contributed by atoms with Crippen molar-refractivity contribution in [3.8, 4) is 0 Å². The smallest absolute Gasteiger partial charge is 0.135 e. The van der Waals surface area contributed by atoms with Crippen LogP contribution in [0, 0.1) is 6.92 Å². The first-order chi connectivity index (χ1) is 7.10. The van der Waals surface area contributed by atoms with Gasteiger partial charge in [0.1, 0.15) is 5.00 Å². The van der Waals surface area contributed by atoms with Gasteiger partial charge in [0.25, 0.3) is 0 Å². The van der Waals surface area contributed by atoms with Crippen molar-refractivity contribution in [1.82, 2.24) is 10.4 Å². The molecule has 0 radical (unpaired) electrons. The van der Waals surface area contributed by atoms with Gasteiger partial charge in [-0.15, -0.1) is 22.0 Å². The maximum Gasteiger partial charge on any atom is 0.135 e. The molecule has 1 aromatic rings. The molecule has 16 heavy (non-hydrogen) atoms. The van der Waals surface area contributed by atoms with E-state index in [0.29, 0.717) is 13.1 Å². The number of rotatable bonds is 1. The zero-order valence-electron chi connectivity index (χ0n) is 9.04. The summed E-state index contributed by atoms with van der Waals surface area (Å²) in [5.41, 5.74) is 2.05. The Kier molecular flexibility index (Phi) is 4.56. The SMILES string of the molecule is Cc1cccc(C2(Cl)CN(F)CCN2)c1.Cl. The van der Waals surface area contributed by atoms with Crippen LogP contribution in [-0.4, -0.2) is 24.8 Å². The maximum atomic E-state index is 13.2. The highest BCUT2D eigenvalue weighted by Crippen LogP contribution is 2.29. The van der Waals surface area contributed by atoms with Crippen molar-refractivity contribution >= 4 is 24.0 Å². The fraction of sp³-hybridized carbons (Fsp3) is 0.455. The fourth-order valence-electron chi connectivity index (χ4n) is 1.83. The Morgan fingerprint density at radius 2 is 2.25 bits per heavy atom. The van der Waals surface area contributed by atoms with Gasteiger partial charge in [0.2, 0.25) is 0 Å². The Balaban J connectivity index is 0.00000128. The highest BCUT2D eigenvalue weighted by molar-refractivity contribution is 6.24. The lowest BCUT2D eigenvalue weighted by Crippen LogP contribution is -2.52. The topological polar surface area (TPSA) is 15.3 Å². The van der Waals surface area contributed by atoms with Gasteiger partial charge >= 0.3 is 0 Å². The normalized spacial score (nSPS) is 26.2. The van der Waals surface area contributed by atoms with E-state index in [1.807, 2.05) is 31.2 Å². The number of alkyl halides is 1. The molecule has 1 aliphatic rings. The van der Waals surface area contributed by atoms with Crippen LogP contribution in [0.2, 0.25) is 0 Å².